The van der Waals surface area contributed by atoms with Gasteiger partial charge in [0.25, 0.3) is 0 Å². The largest absolute Gasteiger partial charge is 0.479 e. The Morgan fingerprint density at radius 1 is 1.25 bits per heavy atom. The molecular formula is C11H21NO4. The van der Waals surface area contributed by atoms with Crippen LogP contribution in [0.5, 0.6) is 0 Å². The molecule has 0 aliphatic carbocycles. The van der Waals surface area contributed by atoms with Gasteiger partial charge in [-0.25, -0.2) is 4.79 Å². The number of carboxylic acids is 1. The number of carbonyl (C=O) groups excluding carboxylic acids is 1. The van der Waals surface area contributed by atoms with E-state index in [0.29, 0.717) is 0 Å². The van der Waals surface area contributed by atoms with E-state index in [0.717, 1.165) is 6.92 Å². The van der Waals surface area contributed by atoms with Crippen molar-refractivity contribution in [2.45, 2.75) is 33.1 Å². The molecule has 94 valence electrons. The summed E-state index contributed by atoms with van der Waals surface area (Å²) in [5.74, 6) is -1.72. The standard InChI is InChI=1S/C7H15N.C4H6O4/c1-2-8-6-4-3-5-7-8;1-3(5)8-2-4(6)7/h2-7H2,1H3;2H2,1H3,(H,6,7). The molecule has 1 aliphatic rings. The van der Waals surface area contributed by atoms with Crippen LogP contribution in [0.4, 0.5) is 0 Å². The second kappa shape index (κ2) is 9.15. The number of nitrogens with zero attached hydrogens (tertiary/aromatic N) is 1. The number of carbonyl (C=O) groups is 2. The zero-order valence-corrected chi connectivity index (χ0v) is 10.1. The van der Waals surface area contributed by atoms with Crippen LogP contribution in [0.2, 0.25) is 0 Å². The number of esters is 1. The van der Waals surface area contributed by atoms with E-state index in [9.17, 15) is 9.59 Å². The average molecular weight is 231 g/mol. The number of piperidine rings is 1. The van der Waals surface area contributed by atoms with Crippen molar-refractivity contribution in [3.8, 4) is 0 Å². The fraction of sp³-hybridized carbons (Fsp3) is 0.818. The van der Waals surface area contributed by atoms with Gasteiger partial charge in [-0.05, 0) is 32.5 Å². The summed E-state index contributed by atoms with van der Waals surface area (Å²) in [6.07, 6.45) is 4.30. The van der Waals surface area contributed by atoms with Crippen LogP contribution in [-0.2, 0) is 14.3 Å². The maximum Gasteiger partial charge on any atom is 0.341 e. The number of aliphatic carboxylic acids is 1. The number of ether oxygens (including phenoxy) is 1. The smallest absolute Gasteiger partial charge is 0.341 e. The van der Waals surface area contributed by atoms with Crippen molar-refractivity contribution in [3.05, 3.63) is 0 Å². The van der Waals surface area contributed by atoms with Crippen molar-refractivity contribution in [1.82, 2.24) is 4.90 Å². The zero-order valence-electron chi connectivity index (χ0n) is 10.1. The highest BCUT2D eigenvalue weighted by Crippen LogP contribution is 2.06. The number of hydrogen-bond acceptors (Lipinski definition) is 4. The third kappa shape index (κ3) is 9.45. The Labute approximate surface area is 96.4 Å². The van der Waals surface area contributed by atoms with Crippen molar-refractivity contribution in [1.29, 1.82) is 0 Å². The van der Waals surface area contributed by atoms with Gasteiger partial charge in [0, 0.05) is 6.92 Å². The van der Waals surface area contributed by atoms with E-state index < -0.39 is 18.5 Å². The topological polar surface area (TPSA) is 66.8 Å². The summed E-state index contributed by atoms with van der Waals surface area (Å²) in [4.78, 5) is 22.0. The summed E-state index contributed by atoms with van der Waals surface area (Å²) in [5, 5.41) is 7.89. The highest BCUT2D eigenvalue weighted by Gasteiger charge is 2.05. The van der Waals surface area contributed by atoms with Crippen LogP contribution >= 0.6 is 0 Å². The van der Waals surface area contributed by atoms with Crippen LogP contribution < -0.4 is 0 Å². The molecule has 0 radical (unpaired) electrons. The zero-order chi connectivity index (χ0) is 12.4. The molecular weight excluding hydrogens is 210 g/mol. The lowest BCUT2D eigenvalue weighted by atomic mass is 10.1. The molecule has 1 aliphatic heterocycles. The van der Waals surface area contributed by atoms with Crippen LogP contribution in [0.3, 0.4) is 0 Å². The predicted molar refractivity (Wildman–Crippen MR) is 60.2 cm³/mol. The first-order chi connectivity index (χ1) is 7.56. The second-order valence-electron chi connectivity index (χ2n) is 3.67. The summed E-state index contributed by atoms with van der Waals surface area (Å²) >= 11 is 0. The Morgan fingerprint density at radius 2 is 1.81 bits per heavy atom. The van der Waals surface area contributed by atoms with Crippen LogP contribution in [0.15, 0.2) is 0 Å². The number of carboxylic acid groups (broad SMARTS) is 1. The molecule has 0 aromatic heterocycles. The molecule has 5 nitrogen and oxygen atoms in total. The minimum Gasteiger partial charge on any atom is -0.479 e. The van der Waals surface area contributed by atoms with Crippen molar-refractivity contribution in [3.63, 3.8) is 0 Å². The summed E-state index contributed by atoms with van der Waals surface area (Å²) < 4.78 is 4.06. The maximum atomic E-state index is 9.86. The SMILES string of the molecule is CC(=O)OCC(=O)O.CCN1CCCCC1. The third-order valence-electron chi connectivity index (χ3n) is 2.29. The lowest BCUT2D eigenvalue weighted by Gasteiger charge is -2.24. The van der Waals surface area contributed by atoms with Gasteiger partial charge in [-0.2, -0.15) is 0 Å². The monoisotopic (exact) mass is 231 g/mol. The summed E-state index contributed by atoms with van der Waals surface area (Å²) in [6.45, 7) is 6.79. The molecule has 1 rings (SSSR count). The van der Waals surface area contributed by atoms with Crippen molar-refractivity contribution >= 4 is 11.9 Å². The molecule has 0 aromatic carbocycles. The average Bonchev–Trinajstić information content (AvgIpc) is 2.28. The van der Waals surface area contributed by atoms with Crippen LogP contribution in [0.1, 0.15) is 33.1 Å². The number of hydrogen-bond donors (Lipinski definition) is 1. The van der Waals surface area contributed by atoms with Gasteiger partial charge < -0.3 is 14.7 Å². The molecule has 16 heavy (non-hydrogen) atoms. The second-order valence-corrected chi connectivity index (χ2v) is 3.67. The van der Waals surface area contributed by atoms with Crippen molar-refractivity contribution in [2.24, 2.45) is 0 Å². The first-order valence-corrected chi connectivity index (χ1v) is 5.63. The van der Waals surface area contributed by atoms with Gasteiger partial charge in [0.2, 0.25) is 0 Å². The summed E-state index contributed by atoms with van der Waals surface area (Å²) in [6, 6.07) is 0. The third-order valence-corrected chi connectivity index (χ3v) is 2.29. The summed E-state index contributed by atoms with van der Waals surface area (Å²) in [7, 11) is 0. The fourth-order valence-electron chi connectivity index (χ4n) is 1.44. The minimum atomic E-state index is -1.14. The first kappa shape index (κ1) is 14.9. The van der Waals surface area contributed by atoms with Gasteiger partial charge in [-0.1, -0.05) is 13.3 Å². The first-order valence-electron chi connectivity index (χ1n) is 5.63. The van der Waals surface area contributed by atoms with Crippen LogP contribution in [0, 0.1) is 0 Å². The number of rotatable bonds is 3. The minimum absolute atomic E-state index is 0.546. The lowest BCUT2D eigenvalue weighted by Crippen LogP contribution is -2.29. The molecule has 1 fully saturated rings. The quantitative estimate of drug-likeness (QED) is 0.737. The van der Waals surface area contributed by atoms with E-state index in [1.54, 1.807) is 0 Å². The Kier molecular flexibility index (Phi) is 8.52. The molecule has 1 N–H and O–H groups in total. The molecule has 0 spiro atoms. The molecule has 0 bridgehead atoms. The molecule has 0 saturated carbocycles. The van der Waals surface area contributed by atoms with Crippen molar-refractivity contribution < 1.29 is 19.4 Å². The Bertz CT molecular complexity index is 198. The van der Waals surface area contributed by atoms with E-state index in [2.05, 4.69) is 16.6 Å². The molecule has 5 heteroatoms. The fourth-order valence-corrected chi connectivity index (χ4v) is 1.44. The van der Waals surface area contributed by atoms with E-state index >= 15 is 0 Å². The Morgan fingerprint density at radius 3 is 2.06 bits per heavy atom. The summed E-state index contributed by atoms with van der Waals surface area (Å²) in [5.41, 5.74) is 0. The van der Waals surface area contributed by atoms with Gasteiger partial charge in [0.1, 0.15) is 0 Å². The van der Waals surface area contributed by atoms with Crippen molar-refractivity contribution in [2.75, 3.05) is 26.2 Å². The molecule has 1 saturated heterocycles. The van der Waals surface area contributed by atoms with Crippen LogP contribution in [0.25, 0.3) is 0 Å². The van der Waals surface area contributed by atoms with Crippen LogP contribution in [-0.4, -0.2) is 48.2 Å². The number of likely N-dealkylation sites (tertiary alicyclic amines) is 1. The molecule has 1 heterocycles. The normalized spacial score (nSPS) is 15.9. The molecule has 0 amide bonds. The Hall–Kier alpha value is -1.10. The van der Waals surface area contributed by atoms with E-state index in [-0.39, 0.29) is 0 Å². The van der Waals surface area contributed by atoms with E-state index in [1.165, 1.54) is 38.9 Å². The van der Waals surface area contributed by atoms with Gasteiger partial charge in [-0.15, -0.1) is 0 Å². The van der Waals surface area contributed by atoms with Gasteiger partial charge in [0.15, 0.2) is 6.61 Å². The molecule has 0 unspecified atom stereocenters. The van der Waals surface area contributed by atoms with E-state index in [1.807, 2.05) is 0 Å². The highest BCUT2D eigenvalue weighted by atomic mass is 16.5. The van der Waals surface area contributed by atoms with Gasteiger partial charge in [-0.3, -0.25) is 4.79 Å². The predicted octanol–water partition coefficient (Wildman–Crippen LogP) is 1.13. The molecule has 0 atom stereocenters. The van der Waals surface area contributed by atoms with Gasteiger partial charge in [0.05, 0.1) is 0 Å². The Balaban J connectivity index is 0.000000281. The van der Waals surface area contributed by atoms with Gasteiger partial charge >= 0.3 is 11.9 Å². The lowest BCUT2D eigenvalue weighted by molar-refractivity contribution is -0.153. The van der Waals surface area contributed by atoms with E-state index in [4.69, 9.17) is 5.11 Å². The maximum absolute atomic E-state index is 9.86. The highest BCUT2D eigenvalue weighted by molar-refractivity contribution is 5.73. The molecule has 0 aromatic rings.